The van der Waals surface area contributed by atoms with Crippen LogP contribution in [0.5, 0.6) is 5.75 Å². The Balaban J connectivity index is 0.000000906. The van der Waals surface area contributed by atoms with Crippen LogP contribution in [0.3, 0.4) is 0 Å². The fraction of sp³-hybridized carbons (Fsp3) is 0.375. The molecule has 1 aromatic carbocycles. The number of carbonyl (C=O) groups is 3. The normalized spacial score (nSPS) is 10.1. The van der Waals surface area contributed by atoms with Crippen LogP contribution in [0.15, 0.2) is 40.9 Å². The van der Waals surface area contributed by atoms with Crippen molar-refractivity contribution in [2.24, 2.45) is 5.73 Å². The van der Waals surface area contributed by atoms with Crippen molar-refractivity contribution >= 4 is 44.5 Å². The third-order valence-electron chi connectivity index (χ3n) is 3.97. The van der Waals surface area contributed by atoms with Crippen LogP contribution >= 0.6 is 15.9 Å². The summed E-state index contributed by atoms with van der Waals surface area (Å²) in [5.74, 6) is -2.86. The first kappa shape index (κ1) is 29.1. The van der Waals surface area contributed by atoms with E-state index in [9.17, 15) is 14.4 Å². The number of Topliss-reactive ketones (excluding diaryl/α,β-unsaturated/α-hetero) is 1. The molecule has 0 unspecified atom stereocenters. The van der Waals surface area contributed by atoms with Gasteiger partial charge in [-0.05, 0) is 69.1 Å². The van der Waals surface area contributed by atoms with Gasteiger partial charge in [0.25, 0.3) is 11.7 Å². The number of primary amides is 1. The average Bonchev–Trinajstić information content (AvgIpc) is 2.98. The number of benzene rings is 1. The largest absolute Gasteiger partial charge is 0.480 e. The highest BCUT2D eigenvalue weighted by molar-refractivity contribution is 9.10. The molecule has 0 fully saturated rings. The van der Waals surface area contributed by atoms with Gasteiger partial charge in [-0.1, -0.05) is 24.6 Å². The first-order valence-electron chi connectivity index (χ1n) is 10.2. The number of amides is 1. The quantitative estimate of drug-likeness (QED) is 0.294. The first-order valence-corrected chi connectivity index (χ1v) is 11.0. The van der Waals surface area contributed by atoms with Gasteiger partial charge in [-0.25, -0.2) is 4.79 Å². The van der Waals surface area contributed by atoms with Gasteiger partial charge in [0.15, 0.2) is 6.61 Å². The number of ketones is 1. The summed E-state index contributed by atoms with van der Waals surface area (Å²) in [6, 6.07) is 3.46. The Morgan fingerprint density at radius 3 is 2.19 bits per heavy atom. The molecule has 0 aliphatic carbocycles. The fourth-order valence-corrected chi connectivity index (χ4v) is 3.27. The molecule has 0 spiro atoms. The van der Waals surface area contributed by atoms with Gasteiger partial charge in [0.05, 0.1) is 20.9 Å². The first-order chi connectivity index (χ1) is 14.9. The standard InChI is InChI=1S/C15H15BrN2O5.C5H10.C4H8/c1-3-18-7(2)11(13(21)15(17)22)12-9(18)5-4-8(16)14(12)23-6-10(19)20;1-3-5-4-2;1-4(2)3/h4-5H,3,6H2,1-2H3,(H2,17,22)(H,19,20);3,5H,4H2,1-2H3;1H2,2-3H3/b;5-3-;. The van der Waals surface area contributed by atoms with Gasteiger partial charge < -0.3 is 20.1 Å². The second-order valence-electron chi connectivity index (χ2n) is 7.04. The molecule has 8 heteroatoms. The van der Waals surface area contributed by atoms with Crippen LogP contribution in [0.2, 0.25) is 0 Å². The zero-order chi connectivity index (χ0) is 25.0. The van der Waals surface area contributed by atoms with Gasteiger partial charge in [-0.3, -0.25) is 9.59 Å². The third kappa shape index (κ3) is 8.34. The molecule has 0 aliphatic rings. The molecule has 0 radical (unpaired) electrons. The van der Waals surface area contributed by atoms with Gasteiger partial charge >= 0.3 is 5.97 Å². The average molecular weight is 509 g/mol. The minimum Gasteiger partial charge on any atom is -0.480 e. The smallest absolute Gasteiger partial charge is 0.341 e. The van der Waals surface area contributed by atoms with Gasteiger partial charge in [-0.15, -0.1) is 6.58 Å². The Bertz CT molecular complexity index is 1000. The van der Waals surface area contributed by atoms with E-state index in [1.165, 1.54) is 5.57 Å². The third-order valence-corrected chi connectivity index (χ3v) is 4.60. The van der Waals surface area contributed by atoms with Crippen LogP contribution < -0.4 is 10.5 Å². The molecular formula is C24H33BrN2O5. The summed E-state index contributed by atoms with van der Waals surface area (Å²) in [7, 11) is 0. The number of hydrogen-bond acceptors (Lipinski definition) is 4. The predicted molar refractivity (Wildman–Crippen MR) is 132 cm³/mol. The van der Waals surface area contributed by atoms with E-state index in [2.05, 4.69) is 41.6 Å². The van der Waals surface area contributed by atoms with E-state index < -0.39 is 24.3 Å². The van der Waals surface area contributed by atoms with Gasteiger partial charge in [0.2, 0.25) is 0 Å². The molecule has 1 amide bonds. The molecule has 0 saturated heterocycles. The molecular weight excluding hydrogens is 476 g/mol. The summed E-state index contributed by atoms with van der Waals surface area (Å²) in [6.07, 6.45) is 5.34. The van der Waals surface area contributed by atoms with Crippen molar-refractivity contribution < 1.29 is 24.2 Å². The van der Waals surface area contributed by atoms with Crippen molar-refractivity contribution in [2.45, 2.75) is 54.5 Å². The monoisotopic (exact) mass is 508 g/mol. The lowest BCUT2D eigenvalue weighted by atomic mass is 10.1. The van der Waals surface area contributed by atoms with E-state index in [0.29, 0.717) is 27.6 Å². The Morgan fingerprint density at radius 2 is 1.81 bits per heavy atom. The molecule has 2 aromatic rings. The van der Waals surface area contributed by atoms with Crippen LogP contribution in [0.4, 0.5) is 0 Å². The number of halogens is 1. The second kappa shape index (κ2) is 14.2. The number of allylic oxidation sites excluding steroid dienone is 3. The summed E-state index contributed by atoms with van der Waals surface area (Å²) in [4.78, 5) is 34.4. The van der Waals surface area contributed by atoms with Crippen LogP contribution in [0.1, 0.15) is 57.1 Å². The SMILES string of the molecule is C/C=C\CC.C=C(C)C.CCn1c(C)c(C(=O)C(N)=O)c2c(OCC(=O)O)c(Br)ccc21. The molecule has 7 nitrogen and oxygen atoms in total. The van der Waals surface area contributed by atoms with Crippen molar-refractivity contribution in [1.29, 1.82) is 0 Å². The van der Waals surface area contributed by atoms with Crippen molar-refractivity contribution in [1.82, 2.24) is 4.57 Å². The number of carbonyl (C=O) groups excluding carboxylic acids is 2. The Labute approximate surface area is 198 Å². The maximum atomic E-state index is 12.2. The minimum atomic E-state index is -1.15. The lowest BCUT2D eigenvalue weighted by Gasteiger charge is -2.09. The lowest BCUT2D eigenvalue weighted by molar-refractivity contribution is -0.139. The number of aliphatic carboxylic acids is 1. The number of nitrogens with two attached hydrogens (primary N) is 1. The number of fused-ring (bicyclic) bond motifs is 1. The molecule has 3 N–H and O–H groups in total. The highest BCUT2D eigenvalue weighted by atomic mass is 79.9. The molecule has 0 saturated carbocycles. The topological polar surface area (TPSA) is 112 Å². The summed E-state index contributed by atoms with van der Waals surface area (Å²) >= 11 is 3.29. The van der Waals surface area contributed by atoms with E-state index >= 15 is 0 Å². The molecule has 32 heavy (non-hydrogen) atoms. The highest BCUT2D eigenvalue weighted by Gasteiger charge is 2.26. The van der Waals surface area contributed by atoms with E-state index in [4.69, 9.17) is 15.6 Å². The highest BCUT2D eigenvalue weighted by Crippen LogP contribution is 2.39. The number of aromatic nitrogens is 1. The van der Waals surface area contributed by atoms with Gasteiger partial charge in [0.1, 0.15) is 5.75 Å². The van der Waals surface area contributed by atoms with Crippen LogP contribution in [0.25, 0.3) is 10.9 Å². The van der Waals surface area contributed by atoms with Crippen molar-refractivity contribution in [3.63, 3.8) is 0 Å². The van der Waals surface area contributed by atoms with Crippen LogP contribution in [0, 0.1) is 6.92 Å². The number of carboxylic acids is 1. The van der Waals surface area contributed by atoms with Crippen molar-refractivity contribution in [3.05, 3.63) is 52.2 Å². The zero-order valence-corrected chi connectivity index (χ0v) is 21.2. The summed E-state index contributed by atoms with van der Waals surface area (Å²) in [6.45, 7) is 15.2. The number of aryl methyl sites for hydroxylation is 1. The van der Waals surface area contributed by atoms with Crippen LogP contribution in [-0.4, -0.2) is 33.9 Å². The van der Waals surface area contributed by atoms with Crippen molar-refractivity contribution in [3.8, 4) is 5.75 Å². The Kier molecular flexibility index (Phi) is 13.0. The number of nitrogens with zero attached hydrogens (tertiary/aromatic N) is 1. The number of rotatable bonds is 7. The van der Waals surface area contributed by atoms with E-state index in [0.717, 1.165) is 6.42 Å². The molecule has 1 heterocycles. The zero-order valence-electron chi connectivity index (χ0n) is 19.6. The number of hydrogen-bond donors (Lipinski definition) is 2. The van der Waals surface area contributed by atoms with E-state index in [-0.39, 0.29) is 11.3 Å². The number of carboxylic acid groups (broad SMARTS) is 1. The summed E-state index contributed by atoms with van der Waals surface area (Å²) in [5.41, 5.74) is 7.69. The predicted octanol–water partition coefficient (Wildman–Crippen LogP) is 5.42. The van der Waals surface area contributed by atoms with Gasteiger partial charge in [0, 0.05) is 12.2 Å². The van der Waals surface area contributed by atoms with Gasteiger partial charge in [-0.2, -0.15) is 0 Å². The lowest BCUT2D eigenvalue weighted by Crippen LogP contribution is -2.24. The Hall–Kier alpha value is -2.87. The van der Waals surface area contributed by atoms with Crippen molar-refractivity contribution in [2.75, 3.05) is 6.61 Å². The second-order valence-corrected chi connectivity index (χ2v) is 7.89. The molecule has 0 atom stereocenters. The van der Waals surface area contributed by atoms with Crippen LogP contribution in [-0.2, 0) is 16.1 Å². The maximum Gasteiger partial charge on any atom is 0.341 e. The Morgan fingerprint density at radius 1 is 1.25 bits per heavy atom. The molecule has 2 rings (SSSR count). The summed E-state index contributed by atoms with van der Waals surface area (Å²) < 4.78 is 7.65. The minimum absolute atomic E-state index is 0.135. The molecule has 0 bridgehead atoms. The van der Waals surface area contributed by atoms with E-state index in [1.54, 1.807) is 19.1 Å². The van der Waals surface area contributed by atoms with E-state index in [1.807, 2.05) is 32.3 Å². The molecule has 1 aromatic heterocycles. The fourth-order valence-electron chi connectivity index (χ4n) is 2.83. The molecule has 176 valence electrons. The summed E-state index contributed by atoms with van der Waals surface area (Å²) in [5, 5.41) is 9.20. The number of ether oxygens (including phenoxy) is 1. The molecule has 0 aliphatic heterocycles. The maximum absolute atomic E-state index is 12.2.